The monoisotopic (exact) mass is 562 g/mol. The molecule has 0 aliphatic heterocycles. The molecule has 0 spiro atoms. The Kier molecular flexibility index (Phi) is 8.39. The summed E-state index contributed by atoms with van der Waals surface area (Å²) in [5.41, 5.74) is 9.51. The molecule has 0 amide bonds. The van der Waals surface area contributed by atoms with Gasteiger partial charge in [0.25, 0.3) is 0 Å². The van der Waals surface area contributed by atoms with Gasteiger partial charge in [-0.25, -0.2) is 18.2 Å². The summed E-state index contributed by atoms with van der Waals surface area (Å²) in [6, 6.07) is 17.7. The average Bonchev–Trinajstić information content (AvgIpc) is 3.25. The lowest BCUT2D eigenvalue weighted by Crippen LogP contribution is -2.32. The van der Waals surface area contributed by atoms with Crippen molar-refractivity contribution in [1.82, 2.24) is 14.9 Å². The Labute approximate surface area is 231 Å². The van der Waals surface area contributed by atoms with Crippen LogP contribution in [0.5, 0.6) is 0 Å². The second-order valence-corrected chi connectivity index (χ2v) is 11.5. The van der Waals surface area contributed by atoms with Crippen LogP contribution in [0.2, 0.25) is 0 Å². The Morgan fingerprint density at radius 3 is 2.50 bits per heavy atom. The van der Waals surface area contributed by atoms with E-state index in [0.29, 0.717) is 24.2 Å². The quantitative estimate of drug-likeness (QED) is 0.183. The number of aromatic nitrogens is 2. The molecule has 6 N–H and O–H groups in total. The van der Waals surface area contributed by atoms with Crippen molar-refractivity contribution < 1.29 is 23.4 Å². The number of pyridine rings is 1. The summed E-state index contributed by atoms with van der Waals surface area (Å²) in [5.74, 6) is -0.927. The van der Waals surface area contributed by atoms with E-state index in [-0.39, 0.29) is 29.7 Å². The number of carboxylic acids is 1. The summed E-state index contributed by atoms with van der Waals surface area (Å²) in [4.78, 5) is 16.0. The van der Waals surface area contributed by atoms with Crippen LogP contribution in [0, 0.1) is 11.3 Å². The van der Waals surface area contributed by atoms with Gasteiger partial charge < -0.3 is 25.8 Å². The van der Waals surface area contributed by atoms with Crippen LogP contribution in [0.4, 0.5) is 11.5 Å². The standard InChI is InChI=1S/C28H30N6O5S/c1-17(31-15-26(35)22-11-21(13-29)27(30)32-14-22)9-19-5-8-24-20(10-19)12-25(28(36)37)34(24)16-18-3-6-23(7-4-18)33-40(2,38)39/h3-8,10-12,14,17,26,31,33,35H,9,15-16H2,1-2H3,(H2,30,32)(H,36,37). The SMILES string of the molecule is CC(Cc1ccc2c(c1)cc(C(=O)O)n2Cc1ccc(NS(C)(=O)=O)cc1)NCC(O)c1cnc(N)c(C#N)c1. The molecule has 2 unspecified atom stereocenters. The minimum Gasteiger partial charge on any atom is -0.477 e. The molecule has 0 aliphatic carbocycles. The predicted octanol–water partition coefficient (Wildman–Crippen LogP) is 2.86. The molecule has 0 fully saturated rings. The van der Waals surface area contributed by atoms with Gasteiger partial charge in [-0.15, -0.1) is 0 Å². The largest absolute Gasteiger partial charge is 0.477 e. The first-order valence-corrected chi connectivity index (χ1v) is 14.3. The van der Waals surface area contributed by atoms with Crippen LogP contribution in [-0.4, -0.2) is 53.0 Å². The maximum atomic E-state index is 12.0. The molecule has 0 saturated carbocycles. The van der Waals surface area contributed by atoms with Crippen molar-refractivity contribution in [3.63, 3.8) is 0 Å². The summed E-state index contributed by atoms with van der Waals surface area (Å²) in [6.07, 6.45) is 2.29. The number of hydrogen-bond acceptors (Lipinski definition) is 8. The van der Waals surface area contributed by atoms with Crippen LogP contribution in [0.15, 0.2) is 60.8 Å². The second-order valence-electron chi connectivity index (χ2n) is 9.73. The van der Waals surface area contributed by atoms with Gasteiger partial charge in [-0.1, -0.05) is 18.2 Å². The zero-order valence-electron chi connectivity index (χ0n) is 22.0. The summed E-state index contributed by atoms with van der Waals surface area (Å²) in [5, 5.41) is 33.5. The maximum Gasteiger partial charge on any atom is 0.352 e. The fourth-order valence-corrected chi connectivity index (χ4v) is 5.05. The third-order valence-electron chi connectivity index (χ3n) is 6.43. The third kappa shape index (κ3) is 6.95. The summed E-state index contributed by atoms with van der Waals surface area (Å²) >= 11 is 0. The number of nitrogens with two attached hydrogens (primary N) is 1. The highest BCUT2D eigenvalue weighted by atomic mass is 32.2. The fourth-order valence-electron chi connectivity index (χ4n) is 4.49. The number of carboxylic acid groups (broad SMARTS) is 1. The lowest BCUT2D eigenvalue weighted by Gasteiger charge is -2.18. The zero-order chi connectivity index (χ0) is 29.0. The van der Waals surface area contributed by atoms with Crippen molar-refractivity contribution in [3.05, 3.63) is 88.7 Å². The number of anilines is 2. The van der Waals surface area contributed by atoms with Crippen molar-refractivity contribution in [2.75, 3.05) is 23.3 Å². The molecular weight excluding hydrogens is 532 g/mol. The number of carbonyl (C=O) groups is 1. The number of aliphatic hydroxyl groups excluding tert-OH is 1. The molecule has 40 heavy (non-hydrogen) atoms. The molecule has 0 aliphatic rings. The fraction of sp³-hybridized carbons (Fsp3) is 0.250. The molecule has 4 aromatic rings. The summed E-state index contributed by atoms with van der Waals surface area (Å²) in [7, 11) is -3.39. The molecule has 0 saturated heterocycles. The van der Waals surface area contributed by atoms with Gasteiger partial charge in [-0.3, -0.25) is 4.72 Å². The lowest BCUT2D eigenvalue weighted by molar-refractivity contribution is 0.0686. The van der Waals surface area contributed by atoms with E-state index in [1.54, 1.807) is 34.9 Å². The van der Waals surface area contributed by atoms with Gasteiger partial charge in [0.05, 0.1) is 17.9 Å². The van der Waals surface area contributed by atoms with Gasteiger partial charge in [0.15, 0.2) is 0 Å². The number of aromatic carboxylic acids is 1. The highest BCUT2D eigenvalue weighted by Gasteiger charge is 2.17. The molecule has 4 rings (SSSR count). The van der Waals surface area contributed by atoms with E-state index in [1.165, 1.54) is 12.3 Å². The first kappa shape index (κ1) is 28.6. The van der Waals surface area contributed by atoms with E-state index in [9.17, 15) is 23.4 Å². The van der Waals surface area contributed by atoms with E-state index in [4.69, 9.17) is 11.0 Å². The minimum absolute atomic E-state index is 0.00985. The maximum absolute atomic E-state index is 12.0. The van der Waals surface area contributed by atoms with E-state index in [1.807, 2.05) is 31.2 Å². The number of benzene rings is 2. The van der Waals surface area contributed by atoms with Gasteiger partial charge in [0.1, 0.15) is 17.6 Å². The number of rotatable bonds is 11. The molecule has 12 heteroatoms. The Morgan fingerprint density at radius 1 is 1.15 bits per heavy atom. The van der Waals surface area contributed by atoms with Gasteiger partial charge >= 0.3 is 5.97 Å². The van der Waals surface area contributed by atoms with Crippen LogP contribution in [0.25, 0.3) is 10.9 Å². The van der Waals surface area contributed by atoms with Crippen molar-refractivity contribution >= 4 is 38.4 Å². The highest BCUT2D eigenvalue weighted by molar-refractivity contribution is 7.92. The van der Waals surface area contributed by atoms with Crippen molar-refractivity contribution in [2.24, 2.45) is 0 Å². The van der Waals surface area contributed by atoms with E-state index in [2.05, 4.69) is 15.0 Å². The lowest BCUT2D eigenvalue weighted by atomic mass is 10.0. The van der Waals surface area contributed by atoms with Gasteiger partial charge in [-0.05, 0) is 60.9 Å². The second kappa shape index (κ2) is 11.7. The third-order valence-corrected chi connectivity index (χ3v) is 7.04. The van der Waals surface area contributed by atoms with E-state index in [0.717, 1.165) is 28.3 Å². The summed E-state index contributed by atoms with van der Waals surface area (Å²) < 4.78 is 27.0. The van der Waals surface area contributed by atoms with Gasteiger partial charge in [-0.2, -0.15) is 5.26 Å². The average molecular weight is 563 g/mol. The van der Waals surface area contributed by atoms with Crippen molar-refractivity contribution in [2.45, 2.75) is 32.0 Å². The zero-order valence-corrected chi connectivity index (χ0v) is 22.8. The van der Waals surface area contributed by atoms with Crippen molar-refractivity contribution in [1.29, 1.82) is 5.26 Å². The molecule has 0 radical (unpaired) electrons. The number of nitrogens with zero attached hydrogens (tertiary/aromatic N) is 3. The number of nitrogens with one attached hydrogen (secondary N) is 2. The van der Waals surface area contributed by atoms with Crippen LogP contribution in [0.3, 0.4) is 0 Å². The Balaban J connectivity index is 1.46. The molecule has 2 heterocycles. The molecular formula is C28H30N6O5S. The highest BCUT2D eigenvalue weighted by Crippen LogP contribution is 2.24. The Hall–Kier alpha value is -4.44. The molecule has 2 aromatic heterocycles. The molecule has 2 atom stereocenters. The molecule has 2 aromatic carbocycles. The van der Waals surface area contributed by atoms with E-state index < -0.39 is 22.1 Å². The molecule has 0 bridgehead atoms. The van der Waals surface area contributed by atoms with E-state index >= 15 is 0 Å². The minimum atomic E-state index is -3.39. The normalized spacial score (nSPS) is 13.1. The first-order chi connectivity index (χ1) is 18.9. The van der Waals surface area contributed by atoms with Crippen LogP contribution in [-0.2, 0) is 23.0 Å². The van der Waals surface area contributed by atoms with Gasteiger partial charge in [0, 0.05) is 47.5 Å². The topological polar surface area (TPSA) is 183 Å². The van der Waals surface area contributed by atoms with Crippen molar-refractivity contribution in [3.8, 4) is 6.07 Å². The number of hydrogen-bond donors (Lipinski definition) is 5. The Bertz CT molecular complexity index is 1690. The van der Waals surface area contributed by atoms with Crippen LogP contribution >= 0.6 is 0 Å². The number of fused-ring (bicyclic) bond motifs is 1. The van der Waals surface area contributed by atoms with Crippen LogP contribution < -0.4 is 15.8 Å². The molecule has 11 nitrogen and oxygen atoms in total. The summed E-state index contributed by atoms with van der Waals surface area (Å²) in [6.45, 7) is 2.53. The number of nitrogen functional groups attached to an aromatic ring is 1. The Morgan fingerprint density at radius 2 is 1.85 bits per heavy atom. The number of aliphatic hydroxyl groups is 1. The predicted molar refractivity (Wildman–Crippen MR) is 152 cm³/mol. The number of nitriles is 1. The first-order valence-electron chi connectivity index (χ1n) is 12.4. The van der Waals surface area contributed by atoms with Crippen LogP contribution in [0.1, 0.15) is 45.8 Å². The smallest absolute Gasteiger partial charge is 0.352 e. The van der Waals surface area contributed by atoms with Gasteiger partial charge in [0.2, 0.25) is 10.0 Å². The number of sulfonamides is 1. The molecule has 208 valence electrons.